The average Bonchev–Trinajstić information content (AvgIpc) is 3.10. The summed E-state index contributed by atoms with van der Waals surface area (Å²) in [4.78, 5) is 19.2. The van der Waals surface area contributed by atoms with Gasteiger partial charge in [0, 0.05) is 32.0 Å². The van der Waals surface area contributed by atoms with Gasteiger partial charge in [-0.3, -0.25) is 4.79 Å². The lowest BCUT2D eigenvalue weighted by atomic mass is 10.1. The summed E-state index contributed by atoms with van der Waals surface area (Å²) in [5, 5.41) is 7.26. The summed E-state index contributed by atoms with van der Waals surface area (Å²) in [5.74, 6) is 1.14. The molecule has 1 fully saturated rings. The van der Waals surface area contributed by atoms with Gasteiger partial charge >= 0.3 is 0 Å². The van der Waals surface area contributed by atoms with Crippen molar-refractivity contribution in [1.82, 2.24) is 24.8 Å². The number of aryl methyl sites for hydroxylation is 1. The maximum atomic E-state index is 12.4. The first kappa shape index (κ1) is 15.9. The maximum Gasteiger partial charge on any atom is 0.256 e. The van der Waals surface area contributed by atoms with Gasteiger partial charge in [-0.15, -0.1) is 0 Å². The van der Waals surface area contributed by atoms with E-state index in [1.54, 1.807) is 16.9 Å². The van der Waals surface area contributed by atoms with Crippen LogP contribution in [-0.2, 0) is 0 Å². The van der Waals surface area contributed by atoms with Crippen LogP contribution in [0.3, 0.4) is 0 Å². The number of fused-ring (bicyclic) bond motifs is 1. The molecule has 1 aliphatic heterocycles. The molecule has 0 radical (unpaired) electrons. The Morgan fingerprint density at radius 2 is 2.26 bits per heavy atom. The smallest absolute Gasteiger partial charge is 0.256 e. The van der Waals surface area contributed by atoms with E-state index in [2.05, 4.69) is 34.1 Å². The van der Waals surface area contributed by atoms with Crippen LogP contribution in [0.2, 0.25) is 0 Å². The van der Waals surface area contributed by atoms with E-state index >= 15 is 0 Å². The number of carbonyl (C=O) groups is 1. The molecule has 0 spiro atoms. The predicted octanol–water partition coefficient (Wildman–Crippen LogP) is 1.75. The molecule has 1 unspecified atom stereocenters. The van der Waals surface area contributed by atoms with Crippen molar-refractivity contribution in [3.8, 4) is 0 Å². The number of nitrogens with one attached hydrogen (secondary N) is 1. The van der Waals surface area contributed by atoms with Crippen LogP contribution in [-0.4, -0.2) is 51.6 Å². The predicted molar refractivity (Wildman–Crippen MR) is 89.4 cm³/mol. The van der Waals surface area contributed by atoms with Crippen molar-refractivity contribution in [1.29, 1.82) is 0 Å². The quantitative estimate of drug-likeness (QED) is 0.913. The molecule has 2 aromatic heterocycles. The summed E-state index contributed by atoms with van der Waals surface area (Å²) in [6, 6.07) is 0. The van der Waals surface area contributed by atoms with E-state index in [4.69, 9.17) is 0 Å². The van der Waals surface area contributed by atoms with Crippen molar-refractivity contribution in [2.75, 3.05) is 26.2 Å². The van der Waals surface area contributed by atoms with Crippen molar-refractivity contribution in [2.45, 2.75) is 27.2 Å². The van der Waals surface area contributed by atoms with E-state index in [9.17, 15) is 4.79 Å². The minimum Gasteiger partial charge on any atom is -0.352 e. The summed E-state index contributed by atoms with van der Waals surface area (Å²) in [6.45, 7) is 10.5. The number of hydrogen-bond donors (Lipinski definition) is 1. The van der Waals surface area contributed by atoms with Gasteiger partial charge in [0.05, 0.1) is 6.20 Å². The molecule has 1 saturated heterocycles. The van der Waals surface area contributed by atoms with Gasteiger partial charge in [-0.2, -0.15) is 5.10 Å². The van der Waals surface area contributed by atoms with Gasteiger partial charge < -0.3 is 10.2 Å². The van der Waals surface area contributed by atoms with E-state index in [1.165, 1.54) is 0 Å². The van der Waals surface area contributed by atoms with Crippen molar-refractivity contribution < 1.29 is 4.79 Å². The van der Waals surface area contributed by atoms with Crippen LogP contribution in [0, 0.1) is 18.8 Å². The summed E-state index contributed by atoms with van der Waals surface area (Å²) in [7, 11) is 0. The maximum absolute atomic E-state index is 12.4. The summed E-state index contributed by atoms with van der Waals surface area (Å²) >= 11 is 0. The van der Waals surface area contributed by atoms with Crippen LogP contribution in [0.5, 0.6) is 0 Å². The van der Waals surface area contributed by atoms with E-state index < -0.39 is 0 Å². The Balaban J connectivity index is 1.57. The molecular formula is C17H25N5O. The Kier molecular flexibility index (Phi) is 4.61. The molecule has 1 amide bonds. The van der Waals surface area contributed by atoms with Gasteiger partial charge in [-0.05, 0) is 37.3 Å². The summed E-state index contributed by atoms with van der Waals surface area (Å²) in [6.07, 6.45) is 6.38. The lowest BCUT2D eigenvalue weighted by molar-refractivity contribution is 0.0948. The van der Waals surface area contributed by atoms with Crippen LogP contribution in [0.4, 0.5) is 0 Å². The Morgan fingerprint density at radius 3 is 3.04 bits per heavy atom. The number of nitrogens with zero attached hydrogens (tertiary/aromatic N) is 4. The molecule has 2 aromatic rings. The third kappa shape index (κ3) is 3.69. The molecule has 6 nitrogen and oxygen atoms in total. The Hall–Kier alpha value is -1.95. The van der Waals surface area contributed by atoms with Crippen molar-refractivity contribution >= 4 is 11.6 Å². The lowest BCUT2D eigenvalue weighted by Gasteiger charge is -2.18. The Morgan fingerprint density at radius 1 is 1.43 bits per heavy atom. The van der Waals surface area contributed by atoms with Crippen LogP contribution < -0.4 is 5.32 Å². The zero-order valence-corrected chi connectivity index (χ0v) is 14.1. The van der Waals surface area contributed by atoms with Crippen molar-refractivity contribution in [3.63, 3.8) is 0 Å². The third-order valence-electron chi connectivity index (χ3n) is 4.27. The first-order chi connectivity index (χ1) is 11.0. The van der Waals surface area contributed by atoms with E-state index in [-0.39, 0.29) is 5.91 Å². The minimum absolute atomic E-state index is 0.0846. The average molecular weight is 315 g/mol. The number of carbonyl (C=O) groups excluding carboxylic acids is 1. The molecule has 0 saturated carbocycles. The third-order valence-corrected chi connectivity index (χ3v) is 4.27. The standard InChI is InChI=1S/C17H25N5O/c1-12(2)9-21-5-4-14(11-21)7-19-17(23)15-8-20-22-10-13(3)6-18-16(15)22/h6,8,10,12,14H,4-5,7,9,11H2,1-3H3,(H,19,23). The molecule has 0 aliphatic carbocycles. The molecule has 0 aromatic carbocycles. The van der Waals surface area contributed by atoms with Crippen LogP contribution in [0.1, 0.15) is 36.2 Å². The van der Waals surface area contributed by atoms with Crippen LogP contribution in [0.25, 0.3) is 5.65 Å². The fraction of sp³-hybridized carbons (Fsp3) is 0.588. The molecular weight excluding hydrogens is 290 g/mol. The highest BCUT2D eigenvalue weighted by Crippen LogP contribution is 2.17. The van der Waals surface area contributed by atoms with Gasteiger partial charge in [0.25, 0.3) is 5.91 Å². The number of amides is 1. The second-order valence-electron chi connectivity index (χ2n) is 6.98. The van der Waals surface area contributed by atoms with E-state index in [0.717, 1.165) is 38.2 Å². The number of rotatable bonds is 5. The normalized spacial score (nSPS) is 18.9. The topological polar surface area (TPSA) is 62.5 Å². The monoisotopic (exact) mass is 315 g/mol. The lowest BCUT2D eigenvalue weighted by Crippen LogP contribution is -2.31. The van der Waals surface area contributed by atoms with E-state index in [0.29, 0.717) is 23.0 Å². The first-order valence-corrected chi connectivity index (χ1v) is 8.33. The van der Waals surface area contributed by atoms with E-state index in [1.807, 2.05) is 13.1 Å². The zero-order valence-electron chi connectivity index (χ0n) is 14.1. The van der Waals surface area contributed by atoms with Crippen LogP contribution >= 0.6 is 0 Å². The summed E-state index contributed by atoms with van der Waals surface area (Å²) < 4.78 is 1.66. The molecule has 3 rings (SSSR count). The molecule has 3 heterocycles. The van der Waals surface area contributed by atoms with Crippen molar-refractivity contribution in [3.05, 3.63) is 29.7 Å². The Bertz CT molecular complexity index is 693. The fourth-order valence-corrected chi connectivity index (χ4v) is 3.22. The largest absolute Gasteiger partial charge is 0.352 e. The first-order valence-electron chi connectivity index (χ1n) is 8.33. The Labute approximate surface area is 136 Å². The second-order valence-corrected chi connectivity index (χ2v) is 6.98. The SMILES string of the molecule is Cc1cnc2c(C(=O)NCC3CCN(CC(C)C)C3)cnn2c1. The molecule has 0 bridgehead atoms. The molecule has 124 valence electrons. The minimum atomic E-state index is -0.0846. The van der Waals surface area contributed by atoms with Gasteiger partial charge in [0.1, 0.15) is 5.56 Å². The highest BCUT2D eigenvalue weighted by Gasteiger charge is 2.24. The van der Waals surface area contributed by atoms with Gasteiger partial charge in [-0.1, -0.05) is 13.8 Å². The zero-order chi connectivity index (χ0) is 16.4. The van der Waals surface area contributed by atoms with Crippen LogP contribution in [0.15, 0.2) is 18.6 Å². The van der Waals surface area contributed by atoms with Gasteiger partial charge in [-0.25, -0.2) is 9.50 Å². The van der Waals surface area contributed by atoms with Crippen molar-refractivity contribution in [2.24, 2.45) is 11.8 Å². The number of hydrogen-bond acceptors (Lipinski definition) is 4. The number of aromatic nitrogens is 3. The number of likely N-dealkylation sites (tertiary alicyclic amines) is 1. The molecule has 1 aliphatic rings. The molecule has 1 atom stereocenters. The second kappa shape index (κ2) is 6.66. The summed E-state index contributed by atoms with van der Waals surface area (Å²) in [5.41, 5.74) is 2.17. The van der Waals surface area contributed by atoms with Gasteiger partial charge in [0.15, 0.2) is 5.65 Å². The van der Waals surface area contributed by atoms with Gasteiger partial charge in [0.2, 0.25) is 0 Å². The molecule has 23 heavy (non-hydrogen) atoms. The highest BCUT2D eigenvalue weighted by atomic mass is 16.1. The molecule has 1 N–H and O–H groups in total. The molecule has 6 heteroatoms. The highest BCUT2D eigenvalue weighted by molar-refractivity contribution is 5.99. The fourth-order valence-electron chi connectivity index (χ4n) is 3.22.